The number of hydrogen-bond donors (Lipinski definition) is 0. The van der Waals surface area contributed by atoms with Gasteiger partial charge in [-0.1, -0.05) is 29.4 Å². The lowest BCUT2D eigenvalue weighted by molar-refractivity contribution is -0.159. The quantitative estimate of drug-likeness (QED) is 0.659. The van der Waals surface area contributed by atoms with Gasteiger partial charge in [-0.05, 0) is 29.8 Å². The fourth-order valence-electron chi connectivity index (χ4n) is 1.90. The molecule has 4 nitrogen and oxygen atoms in total. The molecule has 3 rings (SSSR count). The van der Waals surface area contributed by atoms with Crippen LogP contribution in [-0.2, 0) is 12.8 Å². The van der Waals surface area contributed by atoms with E-state index in [1.807, 2.05) is 0 Å². The van der Waals surface area contributed by atoms with Crippen molar-refractivity contribution in [2.75, 3.05) is 0 Å². The van der Waals surface area contributed by atoms with Crippen LogP contribution in [0.25, 0.3) is 11.4 Å². The van der Waals surface area contributed by atoms with Gasteiger partial charge in [0.25, 0.3) is 0 Å². The van der Waals surface area contributed by atoms with Gasteiger partial charge in [0.05, 0.1) is 0 Å². The zero-order valence-electron chi connectivity index (χ0n) is 12.0. The monoisotopic (exact) mass is 338 g/mol. The first-order valence-electron chi connectivity index (χ1n) is 6.80. The standard InChI is InChI=1S/C16H10F4N2O2/c17-12-5-7-13(8-6-12)23-9-10-1-3-11(4-2-10)14-21-15(24-22-14)16(18,19)20/h1-8H,9H2. The molecule has 0 saturated heterocycles. The summed E-state index contributed by atoms with van der Waals surface area (Å²) in [5.41, 5.74) is 1.17. The normalized spacial score (nSPS) is 11.5. The topological polar surface area (TPSA) is 48.2 Å². The van der Waals surface area contributed by atoms with E-state index in [0.717, 1.165) is 5.56 Å². The third-order valence-corrected chi connectivity index (χ3v) is 3.10. The van der Waals surface area contributed by atoms with Crippen molar-refractivity contribution in [1.82, 2.24) is 10.1 Å². The molecule has 1 aromatic heterocycles. The molecule has 0 saturated carbocycles. The number of rotatable bonds is 4. The molecule has 24 heavy (non-hydrogen) atoms. The van der Waals surface area contributed by atoms with E-state index in [1.54, 1.807) is 24.3 Å². The maximum atomic E-state index is 12.8. The summed E-state index contributed by atoms with van der Waals surface area (Å²) >= 11 is 0. The highest BCUT2D eigenvalue weighted by Gasteiger charge is 2.38. The van der Waals surface area contributed by atoms with Crippen LogP contribution in [0.4, 0.5) is 17.6 Å². The van der Waals surface area contributed by atoms with Crippen LogP contribution >= 0.6 is 0 Å². The van der Waals surface area contributed by atoms with E-state index in [2.05, 4.69) is 14.7 Å². The van der Waals surface area contributed by atoms with Crippen molar-refractivity contribution in [1.29, 1.82) is 0 Å². The van der Waals surface area contributed by atoms with Gasteiger partial charge in [-0.15, -0.1) is 0 Å². The van der Waals surface area contributed by atoms with Crippen LogP contribution in [0.2, 0.25) is 0 Å². The van der Waals surface area contributed by atoms with Crippen LogP contribution in [0, 0.1) is 5.82 Å². The number of alkyl halides is 3. The summed E-state index contributed by atoms with van der Waals surface area (Å²) in [4.78, 5) is 3.31. The summed E-state index contributed by atoms with van der Waals surface area (Å²) in [6.45, 7) is 0.228. The molecule has 8 heteroatoms. The number of hydrogen-bond acceptors (Lipinski definition) is 4. The Kier molecular flexibility index (Phi) is 4.20. The number of aromatic nitrogens is 2. The highest BCUT2D eigenvalue weighted by atomic mass is 19.4. The van der Waals surface area contributed by atoms with E-state index in [9.17, 15) is 17.6 Å². The van der Waals surface area contributed by atoms with Gasteiger partial charge >= 0.3 is 12.1 Å². The molecular formula is C16H10F4N2O2. The third-order valence-electron chi connectivity index (χ3n) is 3.10. The Bertz CT molecular complexity index is 811. The van der Waals surface area contributed by atoms with Gasteiger partial charge in [-0.25, -0.2) is 4.39 Å². The van der Waals surface area contributed by atoms with Crippen molar-refractivity contribution >= 4 is 0 Å². The van der Waals surface area contributed by atoms with Gasteiger partial charge in [0.2, 0.25) is 5.82 Å². The second kappa shape index (κ2) is 6.31. The van der Waals surface area contributed by atoms with Crippen molar-refractivity contribution in [2.45, 2.75) is 12.8 Å². The highest BCUT2D eigenvalue weighted by Crippen LogP contribution is 2.29. The zero-order chi connectivity index (χ0) is 17.2. The number of halogens is 4. The average molecular weight is 338 g/mol. The van der Waals surface area contributed by atoms with Crippen LogP contribution in [0.5, 0.6) is 5.75 Å². The summed E-state index contributed by atoms with van der Waals surface area (Å²) in [7, 11) is 0. The molecule has 0 aliphatic carbocycles. The van der Waals surface area contributed by atoms with Gasteiger partial charge in [0, 0.05) is 5.56 Å². The summed E-state index contributed by atoms with van der Waals surface area (Å²) in [6.07, 6.45) is -4.67. The van der Waals surface area contributed by atoms with Crippen molar-refractivity contribution < 1.29 is 26.8 Å². The van der Waals surface area contributed by atoms with Crippen molar-refractivity contribution in [3.05, 3.63) is 65.8 Å². The van der Waals surface area contributed by atoms with Crippen molar-refractivity contribution in [2.24, 2.45) is 0 Å². The summed E-state index contributed by atoms with van der Waals surface area (Å²) in [6, 6.07) is 12.0. The lowest BCUT2D eigenvalue weighted by Gasteiger charge is -2.06. The van der Waals surface area contributed by atoms with E-state index in [0.29, 0.717) is 11.3 Å². The predicted octanol–water partition coefficient (Wildman–Crippen LogP) is 4.47. The van der Waals surface area contributed by atoms with Crippen molar-refractivity contribution in [3.63, 3.8) is 0 Å². The molecular weight excluding hydrogens is 328 g/mol. The maximum Gasteiger partial charge on any atom is 0.471 e. The Morgan fingerprint density at radius 3 is 2.21 bits per heavy atom. The number of ether oxygens (including phenoxy) is 1. The molecule has 1 heterocycles. The summed E-state index contributed by atoms with van der Waals surface area (Å²) in [5, 5.41) is 3.31. The largest absolute Gasteiger partial charge is 0.489 e. The molecule has 3 aromatic rings. The minimum atomic E-state index is -4.67. The molecule has 0 bridgehead atoms. The lowest BCUT2D eigenvalue weighted by atomic mass is 10.1. The third kappa shape index (κ3) is 3.70. The smallest absolute Gasteiger partial charge is 0.471 e. The minimum absolute atomic E-state index is 0.145. The van der Waals surface area contributed by atoms with Gasteiger partial charge in [0.15, 0.2) is 0 Å². The molecule has 0 radical (unpaired) electrons. The first-order valence-corrected chi connectivity index (χ1v) is 6.80. The molecule has 0 aliphatic rings. The Balaban J connectivity index is 1.67. The fourth-order valence-corrected chi connectivity index (χ4v) is 1.90. The second-order valence-corrected chi connectivity index (χ2v) is 4.86. The van der Waals surface area contributed by atoms with Crippen LogP contribution in [0.15, 0.2) is 53.1 Å². The van der Waals surface area contributed by atoms with Crippen LogP contribution in [0.1, 0.15) is 11.5 Å². The lowest BCUT2D eigenvalue weighted by Crippen LogP contribution is -2.04. The molecule has 0 fully saturated rings. The van der Waals surface area contributed by atoms with E-state index < -0.39 is 12.1 Å². The van der Waals surface area contributed by atoms with Gasteiger partial charge in [-0.2, -0.15) is 18.2 Å². The van der Waals surface area contributed by atoms with E-state index >= 15 is 0 Å². The molecule has 0 atom stereocenters. The van der Waals surface area contributed by atoms with E-state index in [-0.39, 0.29) is 18.2 Å². The molecule has 0 N–H and O–H groups in total. The van der Waals surface area contributed by atoms with E-state index in [1.165, 1.54) is 24.3 Å². The van der Waals surface area contributed by atoms with Gasteiger partial charge < -0.3 is 9.26 Å². The zero-order valence-corrected chi connectivity index (χ0v) is 12.0. The molecule has 2 aromatic carbocycles. The first-order chi connectivity index (χ1) is 11.4. The fraction of sp³-hybridized carbons (Fsp3) is 0.125. The Labute approximate surface area is 133 Å². The Morgan fingerprint density at radius 2 is 1.62 bits per heavy atom. The van der Waals surface area contributed by atoms with E-state index in [4.69, 9.17) is 4.74 Å². The van der Waals surface area contributed by atoms with Crippen LogP contribution < -0.4 is 4.74 Å². The molecule has 0 aliphatic heterocycles. The molecule has 0 spiro atoms. The first kappa shape index (κ1) is 16.0. The Hall–Kier alpha value is -2.90. The molecule has 0 amide bonds. The summed E-state index contributed by atoms with van der Waals surface area (Å²) < 4.78 is 59.7. The predicted molar refractivity (Wildman–Crippen MR) is 75.5 cm³/mol. The highest BCUT2D eigenvalue weighted by molar-refractivity contribution is 5.54. The maximum absolute atomic E-state index is 12.8. The van der Waals surface area contributed by atoms with Crippen molar-refractivity contribution in [3.8, 4) is 17.1 Å². The molecule has 124 valence electrons. The van der Waals surface area contributed by atoms with Gasteiger partial charge in [-0.3, -0.25) is 0 Å². The number of nitrogens with zero attached hydrogens (tertiary/aromatic N) is 2. The minimum Gasteiger partial charge on any atom is -0.489 e. The average Bonchev–Trinajstić information content (AvgIpc) is 3.05. The van der Waals surface area contributed by atoms with Crippen LogP contribution in [0.3, 0.4) is 0 Å². The van der Waals surface area contributed by atoms with Gasteiger partial charge in [0.1, 0.15) is 18.2 Å². The van der Waals surface area contributed by atoms with Crippen LogP contribution in [-0.4, -0.2) is 10.1 Å². The SMILES string of the molecule is Fc1ccc(OCc2ccc(-c3noc(C(F)(F)F)n3)cc2)cc1. The summed E-state index contributed by atoms with van der Waals surface area (Å²) in [5.74, 6) is -1.38. The second-order valence-electron chi connectivity index (χ2n) is 4.86. The molecule has 0 unspecified atom stereocenters. The number of benzene rings is 2. The Morgan fingerprint density at radius 1 is 0.958 bits per heavy atom.